The molecule has 0 atom stereocenters. The number of β-amino-alcohol motifs (C(OH)–C–C–N with tert-alkyl or cyclic N) is 1. The van der Waals surface area contributed by atoms with E-state index in [0.29, 0.717) is 0 Å². The van der Waals surface area contributed by atoms with Gasteiger partial charge in [0.2, 0.25) is 15.8 Å². The summed E-state index contributed by atoms with van der Waals surface area (Å²) in [5.41, 5.74) is -1.04. The van der Waals surface area contributed by atoms with Gasteiger partial charge in [0.15, 0.2) is 4.67 Å². The van der Waals surface area contributed by atoms with Gasteiger partial charge in [-0.1, -0.05) is 0 Å². The normalized spacial score (nSPS) is 19.5. The number of hydrogen-bond donors (Lipinski definition) is 2. The molecule has 0 unspecified atom stereocenters. The zero-order chi connectivity index (χ0) is 13.7. The first kappa shape index (κ1) is 13.5. The number of hydrogen-bond acceptors (Lipinski definition) is 5. The van der Waals surface area contributed by atoms with Crippen LogP contribution in [0.25, 0.3) is 0 Å². The number of nitrogens with zero attached hydrogens (tertiary/aromatic N) is 1. The maximum Gasteiger partial charge on any atom is 0.371 e. The van der Waals surface area contributed by atoms with Crippen LogP contribution >= 0.6 is 15.9 Å². The predicted octanol–water partition coefficient (Wildman–Crippen LogP) is 0.496. The summed E-state index contributed by atoms with van der Waals surface area (Å²) in [6.07, 6.45) is 0. The molecule has 9 heteroatoms. The fourth-order valence-corrected chi connectivity index (χ4v) is 4.23. The summed E-state index contributed by atoms with van der Waals surface area (Å²) in [7, 11) is -3.85. The molecule has 0 bridgehead atoms. The van der Waals surface area contributed by atoms with E-state index < -0.39 is 27.4 Å². The lowest BCUT2D eigenvalue weighted by Gasteiger charge is -2.42. The number of aliphatic hydroxyl groups is 1. The second-order valence-electron chi connectivity index (χ2n) is 4.32. The van der Waals surface area contributed by atoms with E-state index in [-0.39, 0.29) is 22.7 Å². The molecule has 1 aliphatic heterocycles. The van der Waals surface area contributed by atoms with E-state index in [1.807, 2.05) is 0 Å². The van der Waals surface area contributed by atoms with E-state index in [1.165, 1.54) is 6.92 Å². The maximum atomic E-state index is 12.1. The standard InChI is InChI=1S/C9H10BrNO6S/c1-9(14)3-11(4-9)18(15,16)6-2-5(8(12)13)17-7(6)10/h2,14H,3-4H2,1H3,(H,12,13). The molecule has 0 spiro atoms. The number of sulfonamides is 1. The van der Waals surface area contributed by atoms with Crippen molar-refractivity contribution in [1.29, 1.82) is 0 Å². The van der Waals surface area contributed by atoms with Crippen LogP contribution in [0.4, 0.5) is 0 Å². The molecule has 0 amide bonds. The third kappa shape index (κ3) is 2.18. The zero-order valence-electron chi connectivity index (χ0n) is 9.25. The number of furan rings is 1. The van der Waals surface area contributed by atoms with Crippen molar-refractivity contribution in [2.45, 2.75) is 17.4 Å². The Morgan fingerprint density at radius 2 is 2.11 bits per heavy atom. The molecule has 0 aliphatic carbocycles. The smallest absolute Gasteiger partial charge is 0.371 e. The van der Waals surface area contributed by atoms with Crippen molar-refractivity contribution in [1.82, 2.24) is 4.31 Å². The number of rotatable bonds is 3. The van der Waals surface area contributed by atoms with Gasteiger partial charge in [0.25, 0.3) is 0 Å². The summed E-state index contributed by atoms with van der Waals surface area (Å²) in [5, 5.41) is 18.2. The molecule has 7 nitrogen and oxygen atoms in total. The number of carboxylic acids is 1. The van der Waals surface area contributed by atoms with Crippen LogP contribution in [0.1, 0.15) is 17.5 Å². The highest BCUT2D eigenvalue weighted by Gasteiger charge is 2.45. The van der Waals surface area contributed by atoms with Crippen LogP contribution in [0.5, 0.6) is 0 Å². The number of carboxylic acid groups (broad SMARTS) is 1. The van der Waals surface area contributed by atoms with E-state index in [1.54, 1.807) is 0 Å². The van der Waals surface area contributed by atoms with E-state index in [4.69, 9.17) is 9.52 Å². The van der Waals surface area contributed by atoms with Gasteiger partial charge in [-0.25, -0.2) is 13.2 Å². The number of halogens is 1. The van der Waals surface area contributed by atoms with Crippen LogP contribution in [-0.4, -0.2) is 47.6 Å². The predicted molar refractivity (Wildman–Crippen MR) is 62.7 cm³/mol. The first-order valence-corrected chi connectivity index (χ1v) is 7.12. The van der Waals surface area contributed by atoms with Crippen LogP contribution in [-0.2, 0) is 10.0 Å². The molecule has 100 valence electrons. The highest BCUT2D eigenvalue weighted by molar-refractivity contribution is 9.10. The van der Waals surface area contributed by atoms with Gasteiger partial charge in [-0.05, 0) is 22.9 Å². The Morgan fingerprint density at radius 3 is 2.50 bits per heavy atom. The lowest BCUT2D eigenvalue weighted by molar-refractivity contribution is -0.0426. The van der Waals surface area contributed by atoms with Crippen molar-refractivity contribution in [3.05, 3.63) is 16.5 Å². The lowest BCUT2D eigenvalue weighted by atomic mass is 10.0. The zero-order valence-corrected chi connectivity index (χ0v) is 11.7. The molecule has 1 saturated heterocycles. The Balaban J connectivity index is 2.34. The van der Waals surface area contributed by atoms with Gasteiger partial charge in [0.1, 0.15) is 4.90 Å². The van der Waals surface area contributed by atoms with Crippen molar-refractivity contribution < 1.29 is 27.8 Å². The Labute approximate surface area is 111 Å². The quantitative estimate of drug-likeness (QED) is 0.829. The Kier molecular flexibility index (Phi) is 3.05. The molecule has 2 N–H and O–H groups in total. The lowest BCUT2D eigenvalue weighted by Crippen LogP contribution is -2.61. The first-order chi connectivity index (χ1) is 8.13. The van der Waals surface area contributed by atoms with Crippen molar-refractivity contribution in [3.8, 4) is 0 Å². The monoisotopic (exact) mass is 339 g/mol. The van der Waals surface area contributed by atoms with Crippen molar-refractivity contribution in [3.63, 3.8) is 0 Å². The molecule has 2 heterocycles. The average molecular weight is 340 g/mol. The molecule has 1 fully saturated rings. The van der Waals surface area contributed by atoms with Crippen molar-refractivity contribution in [2.24, 2.45) is 0 Å². The second kappa shape index (κ2) is 4.05. The van der Waals surface area contributed by atoms with Gasteiger partial charge in [-0.3, -0.25) is 0 Å². The van der Waals surface area contributed by atoms with Crippen LogP contribution in [0, 0.1) is 0 Å². The molecule has 1 aromatic rings. The Hall–Kier alpha value is -0.900. The molecule has 2 rings (SSSR count). The molecule has 0 aromatic carbocycles. The fraction of sp³-hybridized carbons (Fsp3) is 0.444. The van der Waals surface area contributed by atoms with E-state index in [2.05, 4.69) is 15.9 Å². The van der Waals surface area contributed by atoms with Crippen molar-refractivity contribution >= 4 is 31.9 Å². The largest absolute Gasteiger partial charge is 0.475 e. The third-order valence-electron chi connectivity index (χ3n) is 2.52. The molecule has 1 aliphatic rings. The van der Waals surface area contributed by atoms with Crippen LogP contribution in [0.15, 0.2) is 20.0 Å². The van der Waals surface area contributed by atoms with Gasteiger partial charge < -0.3 is 14.6 Å². The van der Waals surface area contributed by atoms with Gasteiger partial charge >= 0.3 is 5.97 Å². The van der Waals surface area contributed by atoms with Crippen molar-refractivity contribution in [2.75, 3.05) is 13.1 Å². The SMILES string of the molecule is CC1(O)CN(S(=O)(=O)c2cc(C(=O)O)oc2Br)C1. The summed E-state index contributed by atoms with van der Waals surface area (Å²) < 4.78 is 29.9. The molecule has 18 heavy (non-hydrogen) atoms. The fourth-order valence-electron chi connectivity index (χ4n) is 1.66. The molecule has 1 aromatic heterocycles. The minimum atomic E-state index is -3.85. The minimum absolute atomic E-state index is 0.0324. The third-order valence-corrected chi connectivity index (χ3v) is 5.17. The second-order valence-corrected chi connectivity index (χ2v) is 6.95. The average Bonchev–Trinajstić information content (AvgIpc) is 2.57. The maximum absolute atomic E-state index is 12.1. The number of aromatic carboxylic acids is 1. The first-order valence-electron chi connectivity index (χ1n) is 4.89. The Morgan fingerprint density at radius 1 is 1.56 bits per heavy atom. The van der Waals surface area contributed by atoms with E-state index in [0.717, 1.165) is 10.4 Å². The van der Waals surface area contributed by atoms with Gasteiger partial charge in [-0.15, -0.1) is 0 Å². The van der Waals surface area contributed by atoms with Crippen LogP contribution in [0.3, 0.4) is 0 Å². The Bertz CT molecular complexity index is 597. The minimum Gasteiger partial charge on any atom is -0.475 e. The molecule has 0 saturated carbocycles. The van der Waals surface area contributed by atoms with Gasteiger partial charge in [0.05, 0.1) is 5.60 Å². The summed E-state index contributed by atoms with van der Waals surface area (Å²) in [6.45, 7) is 1.46. The topological polar surface area (TPSA) is 108 Å². The van der Waals surface area contributed by atoms with Gasteiger partial charge in [-0.2, -0.15) is 4.31 Å². The highest BCUT2D eigenvalue weighted by atomic mass is 79.9. The summed E-state index contributed by atoms with van der Waals surface area (Å²) in [4.78, 5) is 10.4. The summed E-state index contributed by atoms with van der Waals surface area (Å²) >= 11 is 2.87. The van der Waals surface area contributed by atoms with Crippen LogP contribution < -0.4 is 0 Å². The van der Waals surface area contributed by atoms with Crippen LogP contribution in [0.2, 0.25) is 0 Å². The molecular formula is C9H10BrNO6S. The summed E-state index contributed by atoms with van der Waals surface area (Å²) in [5.74, 6) is -1.82. The molecule has 0 radical (unpaired) electrons. The van der Waals surface area contributed by atoms with Gasteiger partial charge in [0, 0.05) is 19.2 Å². The number of carbonyl (C=O) groups is 1. The summed E-state index contributed by atoms with van der Waals surface area (Å²) in [6, 6.07) is 0.939. The molecular weight excluding hydrogens is 330 g/mol. The van der Waals surface area contributed by atoms with E-state index in [9.17, 15) is 18.3 Å². The van der Waals surface area contributed by atoms with E-state index >= 15 is 0 Å². The highest BCUT2D eigenvalue weighted by Crippen LogP contribution is 2.33.